The molecule has 1 amide bonds. The number of fused-ring (bicyclic) bond motifs is 3. The van der Waals surface area contributed by atoms with E-state index in [1.54, 1.807) is 11.8 Å². The highest BCUT2D eigenvalue weighted by Gasteiger charge is 2.34. The summed E-state index contributed by atoms with van der Waals surface area (Å²) in [5.41, 5.74) is 6.34. The van der Waals surface area contributed by atoms with E-state index < -0.39 is 0 Å². The van der Waals surface area contributed by atoms with Gasteiger partial charge in [0.1, 0.15) is 0 Å². The Morgan fingerprint density at radius 2 is 1.72 bits per heavy atom. The van der Waals surface area contributed by atoms with Gasteiger partial charge in [-0.2, -0.15) is 0 Å². The van der Waals surface area contributed by atoms with Crippen LogP contribution in [0.5, 0.6) is 0 Å². The van der Waals surface area contributed by atoms with Crippen LogP contribution in [0.25, 0.3) is 11.0 Å². The Kier molecular flexibility index (Phi) is 5.23. The van der Waals surface area contributed by atoms with E-state index in [9.17, 15) is 4.79 Å². The summed E-state index contributed by atoms with van der Waals surface area (Å²) < 4.78 is 2.13. The molecular formula is C26H24N4OS. The number of hydrogen-bond acceptors (Lipinski definition) is 4. The van der Waals surface area contributed by atoms with Crippen molar-refractivity contribution in [2.75, 3.05) is 16.9 Å². The molecule has 32 heavy (non-hydrogen) atoms. The van der Waals surface area contributed by atoms with Gasteiger partial charge in [0.15, 0.2) is 0 Å². The number of thioether (sulfide) groups is 1. The molecule has 0 fully saturated rings. The number of carbonyl (C=O) groups excluding carboxylic acids is 1. The van der Waals surface area contributed by atoms with Crippen LogP contribution < -0.4 is 10.6 Å². The molecule has 1 aliphatic heterocycles. The second-order valence-electron chi connectivity index (χ2n) is 7.95. The molecule has 6 heteroatoms. The fourth-order valence-electron chi connectivity index (χ4n) is 4.19. The quantitative estimate of drug-likeness (QED) is 0.383. The summed E-state index contributed by atoms with van der Waals surface area (Å²) in [6.45, 7) is 3.97. The molecule has 0 saturated heterocycles. The van der Waals surface area contributed by atoms with Gasteiger partial charge in [0.05, 0.1) is 22.6 Å². The normalized spacial score (nSPS) is 15.4. The summed E-state index contributed by atoms with van der Waals surface area (Å²) >= 11 is 1.70. The number of nitrogens with one attached hydrogen (secondary N) is 2. The molecule has 2 N–H and O–H groups in total. The molecule has 0 saturated carbocycles. The largest absolute Gasteiger partial charge is 0.329 e. The number of aromatic nitrogens is 2. The highest BCUT2D eigenvalue weighted by molar-refractivity contribution is 7.98. The van der Waals surface area contributed by atoms with Crippen molar-refractivity contribution in [3.05, 3.63) is 95.2 Å². The number of nitrogens with zero attached hydrogens (tertiary/aromatic N) is 2. The number of hydrogen-bond donors (Lipinski definition) is 2. The Balaban J connectivity index is 1.64. The van der Waals surface area contributed by atoms with Crippen molar-refractivity contribution in [3.63, 3.8) is 0 Å². The van der Waals surface area contributed by atoms with Gasteiger partial charge in [-0.15, -0.1) is 11.8 Å². The number of imidazole rings is 1. The van der Waals surface area contributed by atoms with E-state index >= 15 is 0 Å². The Bertz CT molecular complexity index is 1340. The molecule has 1 aliphatic rings. The minimum absolute atomic E-state index is 0.124. The number of carbonyl (C=O) groups is 1. The lowest BCUT2D eigenvalue weighted by atomic mass is 9.94. The van der Waals surface area contributed by atoms with Crippen LogP contribution in [-0.4, -0.2) is 21.7 Å². The first kappa shape index (κ1) is 20.4. The van der Waals surface area contributed by atoms with E-state index in [1.165, 1.54) is 4.90 Å². The van der Waals surface area contributed by atoms with E-state index in [4.69, 9.17) is 4.98 Å². The SMILES string of the molecule is CSc1ccc([C@@H]2C(C(=O)Nc3ccc(C)cc3)=C(C)Nc3nc4ccccc4n32)cc1. The zero-order chi connectivity index (χ0) is 22.2. The van der Waals surface area contributed by atoms with Gasteiger partial charge in [0.2, 0.25) is 5.95 Å². The molecule has 1 aromatic heterocycles. The highest BCUT2D eigenvalue weighted by Crippen LogP contribution is 2.39. The Morgan fingerprint density at radius 3 is 2.44 bits per heavy atom. The number of amides is 1. The first-order valence-electron chi connectivity index (χ1n) is 10.5. The topological polar surface area (TPSA) is 59.0 Å². The van der Waals surface area contributed by atoms with E-state index in [0.717, 1.165) is 39.5 Å². The van der Waals surface area contributed by atoms with Crippen molar-refractivity contribution in [1.82, 2.24) is 9.55 Å². The maximum atomic E-state index is 13.6. The molecule has 5 rings (SSSR count). The molecule has 0 unspecified atom stereocenters. The fraction of sp³-hybridized carbons (Fsp3) is 0.154. The van der Waals surface area contributed by atoms with Crippen molar-refractivity contribution in [1.29, 1.82) is 0 Å². The van der Waals surface area contributed by atoms with Crippen molar-refractivity contribution < 1.29 is 4.79 Å². The number of aryl methyl sites for hydroxylation is 1. The van der Waals surface area contributed by atoms with E-state index in [1.807, 2.05) is 62.4 Å². The smallest absolute Gasteiger partial charge is 0.255 e. The Labute approximate surface area is 191 Å². The minimum atomic E-state index is -0.292. The third-order valence-electron chi connectivity index (χ3n) is 5.82. The molecule has 0 spiro atoms. The predicted octanol–water partition coefficient (Wildman–Crippen LogP) is 5.99. The first-order valence-corrected chi connectivity index (χ1v) is 11.7. The molecular weight excluding hydrogens is 416 g/mol. The standard InChI is InChI=1S/C26H24N4OS/c1-16-8-12-19(13-9-16)28-25(31)23-17(2)27-26-29-21-6-4-5-7-22(21)30(26)24(23)18-10-14-20(32-3)15-11-18/h4-15,24H,1-3H3,(H,27,29)(H,28,31)/t24-/m1/s1. The van der Waals surface area contributed by atoms with Gasteiger partial charge in [-0.1, -0.05) is 42.0 Å². The first-order chi connectivity index (χ1) is 15.5. The van der Waals surface area contributed by atoms with Crippen molar-refractivity contribution in [2.24, 2.45) is 0 Å². The Morgan fingerprint density at radius 1 is 1.00 bits per heavy atom. The maximum Gasteiger partial charge on any atom is 0.255 e. The third kappa shape index (κ3) is 3.56. The fourth-order valence-corrected chi connectivity index (χ4v) is 4.60. The Hall–Kier alpha value is -3.51. The summed E-state index contributed by atoms with van der Waals surface area (Å²) in [4.78, 5) is 19.6. The van der Waals surface area contributed by atoms with Crippen LogP contribution in [-0.2, 0) is 4.79 Å². The molecule has 0 radical (unpaired) electrons. The number of para-hydroxylation sites is 2. The van der Waals surface area contributed by atoms with Crippen molar-refractivity contribution in [2.45, 2.75) is 24.8 Å². The lowest BCUT2D eigenvalue weighted by molar-refractivity contribution is -0.113. The number of benzene rings is 3. The van der Waals surface area contributed by atoms with Gasteiger partial charge in [0, 0.05) is 16.3 Å². The second kappa shape index (κ2) is 8.20. The van der Waals surface area contributed by atoms with Gasteiger partial charge in [-0.25, -0.2) is 4.98 Å². The molecule has 5 nitrogen and oxygen atoms in total. The summed E-state index contributed by atoms with van der Waals surface area (Å²) in [5.74, 6) is 0.621. The van der Waals surface area contributed by atoms with E-state index in [0.29, 0.717) is 5.57 Å². The zero-order valence-electron chi connectivity index (χ0n) is 18.2. The van der Waals surface area contributed by atoms with Gasteiger partial charge in [-0.05, 0) is 62.1 Å². The average molecular weight is 441 g/mol. The molecule has 0 bridgehead atoms. The molecule has 0 aliphatic carbocycles. The molecule has 3 aromatic carbocycles. The van der Waals surface area contributed by atoms with Gasteiger partial charge in [0.25, 0.3) is 5.91 Å². The van der Waals surface area contributed by atoms with Crippen LogP contribution in [0, 0.1) is 6.92 Å². The van der Waals surface area contributed by atoms with Crippen LogP contribution in [0.1, 0.15) is 24.1 Å². The predicted molar refractivity (Wildman–Crippen MR) is 132 cm³/mol. The van der Waals surface area contributed by atoms with Gasteiger partial charge >= 0.3 is 0 Å². The van der Waals surface area contributed by atoms with Crippen LogP contribution >= 0.6 is 11.8 Å². The minimum Gasteiger partial charge on any atom is -0.329 e. The molecule has 4 aromatic rings. The molecule has 2 heterocycles. The number of anilines is 2. The van der Waals surface area contributed by atoms with Gasteiger partial charge < -0.3 is 10.6 Å². The average Bonchev–Trinajstić information content (AvgIpc) is 3.17. The molecule has 1 atom stereocenters. The lowest BCUT2D eigenvalue weighted by Crippen LogP contribution is -2.30. The summed E-state index contributed by atoms with van der Waals surface area (Å²) in [5, 5.41) is 6.45. The van der Waals surface area contributed by atoms with Crippen molar-refractivity contribution >= 4 is 40.3 Å². The lowest BCUT2D eigenvalue weighted by Gasteiger charge is -2.30. The summed E-state index contributed by atoms with van der Waals surface area (Å²) in [6.07, 6.45) is 2.06. The van der Waals surface area contributed by atoms with E-state index in [2.05, 4.69) is 45.7 Å². The maximum absolute atomic E-state index is 13.6. The number of rotatable bonds is 4. The van der Waals surface area contributed by atoms with Crippen LogP contribution in [0.4, 0.5) is 11.6 Å². The number of allylic oxidation sites excluding steroid dienone is 1. The van der Waals surface area contributed by atoms with Crippen molar-refractivity contribution in [3.8, 4) is 0 Å². The highest BCUT2D eigenvalue weighted by atomic mass is 32.2. The molecule has 160 valence electrons. The van der Waals surface area contributed by atoms with E-state index in [-0.39, 0.29) is 11.9 Å². The van der Waals surface area contributed by atoms with Crippen LogP contribution in [0.3, 0.4) is 0 Å². The van der Waals surface area contributed by atoms with Gasteiger partial charge in [-0.3, -0.25) is 9.36 Å². The van der Waals surface area contributed by atoms with Crippen LogP contribution in [0.15, 0.2) is 89.0 Å². The monoisotopic (exact) mass is 440 g/mol. The van der Waals surface area contributed by atoms with Crippen LogP contribution in [0.2, 0.25) is 0 Å². The summed E-state index contributed by atoms with van der Waals surface area (Å²) in [6, 6.07) is 24.0. The summed E-state index contributed by atoms with van der Waals surface area (Å²) in [7, 11) is 0. The second-order valence-corrected chi connectivity index (χ2v) is 8.83. The third-order valence-corrected chi connectivity index (χ3v) is 6.56. The zero-order valence-corrected chi connectivity index (χ0v) is 19.0.